The van der Waals surface area contributed by atoms with Crippen molar-refractivity contribution in [1.29, 1.82) is 0 Å². The average molecular weight is 561 g/mol. The van der Waals surface area contributed by atoms with E-state index in [-0.39, 0.29) is 23.6 Å². The number of alkyl halides is 3. The van der Waals surface area contributed by atoms with Crippen molar-refractivity contribution in [2.45, 2.75) is 51.3 Å². The fraction of sp³-hybridized carbons (Fsp3) is 0.429. The highest BCUT2D eigenvalue weighted by atomic mass is 32.2. The number of aromatic nitrogens is 3. The van der Waals surface area contributed by atoms with E-state index in [0.29, 0.717) is 54.4 Å². The summed E-state index contributed by atoms with van der Waals surface area (Å²) in [6, 6.07) is 8.98. The molecule has 4 rings (SSSR count). The van der Waals surface area contributed by atoms with Crippen LogP contribution in [0.3, 0.4) is 0 Å². The molecule has 0 unspecified atom stereocenters. The van der Waals surface area contributed by atoms with Crippen LogP contribution in [0.25, 0.3) is 11.3 Å². The average Bonchev–Trinajstić information content (AvgIpc) is 2.91. The number of ether oxygens (including phenoxy) is 1. The summed E-state index contributed by atoms with van der Waals surface area (Å²) in [4.78, 5) is 25.2. The lowest BCUT2D eigenvalue weighted by atomic mass is 9.73. The molecule has 3 aromatic rings. The van der Waals surface area contributed by atoms with Crippen molar-refractivity contribution in [2.75, 3.05) is 17.5 Å². The highest BCUT2D eigenvalue weighted by Crippen LogP contribution is 2.41. The molecule has 0 bridgehead atoms. The van der Waals surface area contributed by atoms with Crippen LogP contribution in [0, 0.1) is 18.8 Å². The van der Waals surface area contributed by atoms with E-state index in [4.69, 9.17) is 4.74 Å². The van der Waals surface area contributed by atoms with Crippen LogP contribution in [0.1, 0.15) is 49.4 Å². The summed E-state index contributed by atoms with van der Waals surface area (Å²) in [6.07, 6.45) is 2.83. The summed E-state index contributed by atoms with van der Waals surface area (Å²) in [5, 5.41) is 14.2. The van der Waals surface area contributed by atoms with E-state index in [0.717, 1.165) is 23.9 Å². The highest BCUT2D eigenvalue weighted by molar-refractivity contribution is 7.98. The minimum Gasteiger partial charge on any atom is -0.454 e. The van der Waals surface area contributed by atoms with Crippen molar-refractivity contribution in [1.82, 2.24) is 15.0 Å². The molecule has 3 aromatic heterocycles. The third kappa shape index (κ3) is 7.07. The molecule has 0 saturated heterocycles. The summed E-state index contributed by atoms with van der Waals surface area (Å²) in [6.45, 7) is 3.61. The Labute approximate surface area is 229 Å². The third-order valence-electron chi connectivity index (χ3n) is 7.07. The van der Waals surface area contributed by atoms with Crippen molar-refractivity contribution >= 4 is 29.4 Å². The van der Waals surface area contributed by atoms with Crippen LogP contribution in [-0.4, -0.2) is 38.2 Å². The Morgan fingerprint density at radius 3 is 2.49 bits per heavy atom. The van der Waals surface area contributed by atoms with Crippen molar-refractivity contribution in [3.8, 4) is 11.3 Å². The van der Waals surface area contributed by atoms with Gasteiger partial charge in [-0.3, -0.25) is 9.78 Å². The first-order valence-electron chi connectivity index (χ1n) is 12.6. The zero-order chi connectivity index (χ0) is 28.2. The van der Waals surface area contributed by atoms with Gasteiger partial charge < -0.3 is 15.2 Å². The predicted molar refractivity (Wildman–Crippen MR) is 144 cm³/mol. The van der Waals surface area contributed by atoms with E-state index in [2.05, 4.69) is 20.3 Å². The Hall–Kier alpha value is -3.18. The molecule has 0 amide bonds. The molecule has 1 atom stereocenters. The van der Waals surface area contributed by atoms with Crippen LogP contribution >= 0.6 is 11.8 Å². The number of thioether (sulfide) groups is 1. The van der Waals surface area contributed by atoms with Crippen molar-refractivity contribution in [2.24, 2.45) is 11.8 Å². The molecule has 208 valence electrons. The number of esters is 1. The molecule has 39 heavy (non-hydrogen) atoms. The van der Waals surface area contributed by atoms with Gasteiger partial charge >= 0.3 is 12.1 Å². The van der Waals surface area contributed by atoms with Crippen LogP contribution in [0.4, 0.5) is 24.8 Å². The monoisotopic (exact) mass is 560 g/mol. The van der Waals surface area contributed by atoms with Crippen molar-refractivity contribution in [3.63, 3.8) is 0 Å². The number of carbonyl (C=O) groups is 1. The van der Waals surface area contributed by atoms with Gasteiger partial charge in [-0.05, 0) is 93.7 Å². The number of aliphatic hydroxyl groups is 1. The van der Waals surface area contributed by atoms with Gasteiger partial charge in [-0.25, -0.2) is 9.97 Å². The number of halogens is 3. The van der Waals surface area contributed by atoms with Gasteiger partial charge in [-0.15, -0.1) is 11.8 Å². The first-order valence-corrected chi connectivity index (χ1v) is 14.0. The number of hydrogen-bond donors (Lipinski definition) is 2. The number of carbonyl (C=O) groups excluding carboxylic acids is 1. The van der Waals surface area contributed by atoms with Gasteiger partial charge in [0.1, 0.15) is 23.2 Å². The quantitative estimate of drug-likeness (QED) is 0.239. The van der Waals surface area contributed by atoms with Gasteiger partial charge in [0.25, 0.3) is 0 Å². The predicted octanol–water partition coefficient (Wildman–Crippen LogP) is 6.49. The summed E-state index contributed by atoms with van der Waals surface area (Å²) in [5.41, 5.74) is 0.668. The number of hydrogen-bond acceptors (Lipinski definition) is 8. The van der Waals surface area contributed by atoms with E-state index in [1.165, 1.54) is 11.8 Å². The maximum absolute atomic E-state index is 13.1. The molecule has 1 saturated carbocycles. The molecule has 0 radical (unpaired) electrons. The molecular formula is C28H31F3N4O3S. The van der Waals surface area contributed by atoms with Gasteiger partial charge in [0.2, 0.25) is 0 Å². The number of aryl methyl sites for hydroxylation is 1. The second-order valence-corrected chi connectivity index (χ2v) is 10.8. The summed E-state index contributed by atoms with van der Waals surface area (Å²) in [5.74, 6) is 0.371. The fourth-order valence-corrected chi connectivity index (χ4v) is 5.10. The molecule has 0 spiro atoms. The summed E-state index contributed by atoms with van der Waals surface area (Å²) >= 11 is 1.46. The second-order valence-electron chi connectivity index (χ2n) is 9.97. The lowest BCUT2D eigenvalue weighted by Crippen LogP contribution is -2.36. The number of nitrogens with one attached hydrogen (secondary N) is 1. The minimum atomic E-state index is -4.47. The zero-order valence-electron chi connectivity index (χ0n) is 22.0. The molecule has 2 N–H and O–H groups in total. The fourth-order valence-electron chi connectivity index (χ4n) is 4.87. The molecule has 1 aliphatic carbocycles. The lowest BCUT2D eigenvalue weighted by Gasteiger charge is -2.37. The number of pyridine rings is 3. The second kappa shape index (κ2) is 11.9. The van der Waals surface area contributed by atoms with E-state index >= 15 is 0 Å². The van der Waals surface area contributed by atoms with Crippen molar-refractivity contribution < 1.29 is 27.8 Å². The van der Waals surface area contributed by atoms with Crippen LogP contribution in [-0.2, 0) is 21.3 Å². The largest absolute Gasteiger partial charge is 0.454 e. The zero-order valence-corrected chi connectivity index (χ0v) is 22.8. The maximum atomic E-state index is 13.1. The Kier molecular flexibility index (Phi) is 8.80. The highest BCUT2D eigenvalue weighted by Gasteiger charge is 2.39. The Bertz CT molecular complexity index is 1290. The third-order valence-corrected chi connectivity index (χ3v) is 7.42. The smallest absolute Gasteiger partial charge is 0.416 e. The van der Waals surface area contributed by atoms with Crippen molar-refractivity contribution in [3.05, 3.63) is 65.6 Å². The van der Waals surface area contributed by atoms with E-state index in [1.807, 2.05) is 25.3 Å². The standard InChI is InChI=1S/C28H31F3N4O3S/c1-17-12-22(34-25(13-17)35-24-14-21(10-11-32-24)28(29,30)31)19-6-9-23(33-15-19)27(2,37)20-7-4-18(5-8-20)26(36)38-16-39-3/h6,9-15,18,20,37H,4-5,7-8,16H2,1-3H3,(H,32,34,35)/t18?,20?,27-/m1/s1. The minimum absolute atomic E-state index is 0.0330. The van der Waals surface area contributed by atoms with Crippen LogP contribution in [0.15, 0.2) is 48.8 Å². The molecule has 1 aliphatic rings. The normalized spacial score (nSPS) is 19.3. The number of anilines is 2. The van der Waals surface area contributed by atoms with Gasteiger partial charge in [0.15, 0.2) is 0 Å². The molecule has 11 heteroatoms. The van der Waals surface area contributed by atoms with Crippen LogP contribution < -0.4 is 5.32 Å². The maximum Gasteiger partial charge on any atom is 0.416 e. The van der Waals surface area contributed by atoms with Crippen LogP contribution in [0.5, 0.6) is 0 Å². The van der Waals surface area contributed by atoms with E-state index in [9.17, 15) is 23.1 Å². The SMILES string of the molecule is CSCOC(=O)C1CCC([C@@](C)(O)c2ccc(-c3cc(C)cc(Nc4cc(C(F)(F)F)ccn4)n3)cn2)CC1. The Balaban J connectivity index is 1.46. The molecule has 3 heterocycles. The number of rotatable bonds is 8. The Morgan fingerprint density at radius 1 is 1.10 bits per heavy atom. The van der Waals surface area contributed by atoms with E-state index in [1.54, 1.807) is 25.3 Å². The number of nitrogens with zero attached hydrogens (tertiary/aromatic N) is 3. The molecule has 1 fully saturated rings. The van der Waals surface area contributed by atoms with Gasteiger partial charge in [0, 0.05) is 18.0 Å². The molecular weight excluding hydrogens is 529 g/mol. The van der Waals surface area contributed by atoms with E-state index < -0.39 is 17.3 Å². The van der Waals surface area contributed by atoms with Crippen LogP contribution in [0.2, 0.25) is 0 Å². The van der Waals surface area contributed by atoms with Gasteiger partial charge in [-0.1, -0.05) is 0 Å². The Morgan fingerprint density at radius 2 is 1.85 bits per heavy atom. The first kappa shape index (κ1) is 28.8. The molecule has 0 aliphatic heterocycles. The lowest BCUT2D eigenvalue weighted by molar-refractivity contribution is -0.148. The first-order chi connectivity index (χ1) is 18.5. The molecule has 0 aromatic carbocycles. The van der Waals surface area contributed by atoms with Gasteiger partial charge in [0.05, 0.1) is 22.9 Å². The molecule has 7 nitrogen and oxygen atoms in total. The topological polar surface area (TPSA) is 97.2 Å². The summed E-state index contributed by atoms with van der Waals surface area (Å²) < 4.78 is 44.4. The summed E-state index contributed by atoms with van der Waals surface area (Å²) in [7, 11) is 0. The van der Waals surface area contributed by atoms with Gasteiger partial charge in [-0.2, -0.15) is 13.2 Å².